The third-order valence-corrected chi connectivity index (χ3v) is 4.03. The van der Waals surface area contributed by atoms with E-state index < -0.39 is 12.5 Å². The van der Waals surface area contributed by atoms with Crippen molar-refractivity contribution in [2.45, 2.75) is 13.5 Å². The molecule has 0 aliphatic carbocycles. The van der Waals surface area contributed by atoms with Gasteiger partial charge in [0, 0.05) is 12.0 Å². The van der Waals surface area contributed by atoms with Crippen molar-refractivity contribution in [2.75, 3.05) is 13.2 Å². The number of tetrazole rings is 1. The second-order valence-electron chi connectivity index (χ2n) is 5.87. The van der Waals surface area contributed by atoms with Gasteiger partial charge in [0.15, 0.2) is 6.54 Å². The maximum Gasteiger partial charge on any atom is 0.327 e. The largest absolute Gasteiger partial charge is 0.492 e. The van der Waals surface area contributed by atoms with E-state index in [1.54, 1.807) is 6.07 Å². The van der Waals surface area contributed by atoms with E-state index in [4.69, 9.17) is 19.1 Å². The molecule has 0 aliphatic heterocycles. The van der Waals surface area contributed by atoms with Gasteiger partial charge in [0.05, 0.1) is 23.8 Å². The lowest BCUT2D eigenvalue weighted by atomic mass is 10.2. The normalized spacial score (nSPS) is 12.0. The quantitative estimate of drug-likeness (QED) is 0.517. The number of carbonyl (C=O) groups is 1. The standard InChI is InChI=1S/C16H15BrFN5O5/c1-9(7-26-12-4-10(18)2-3-11(12)17)8-27-14-5-13(28-21-14)16-19-22-23(20-16)6-15(24)25/h2-5,9H,6-8H2,1H3,(H,24,25)/t9-/m0/s1. The number of carboxylic acid groups (broad SMARTS) is 1. The highest BCUT2D eigenvalue weighted by Crippen LogP contribution is 2.26. The fourth-order valence-electron chi connectivity index (χ4n) is 2.06. The Bertz CT molecular complexity index is 963. The highest BCUT2D eigenvalue weighted by Gasteiger charge is 2.15. The van der Waals surface area contributed by atoms with Crippen molar-refractivity contribution in [3.63, 3.8) is 0 Å². The van der Waals surface area contributed by atoms with E-state index in [1.807, 2.05) is 6.92 Å². The highest BCUT2D eigenvalue weighted by atomic mass is 79.9. The van der Waals surface area contributed by atoms with Gasteiger partial charge in [-0.2, -0.15) is 4.80 Å². The van der Waals surface area contributed by atoms with E-state index in [1.165, 1.54) is 18.2 Å². The molecule has 3 aromatic rings. The van der Waals surface area contributed by atoms with E-state index in [0.29, 0.717) is 16.8 Å². The highest BCUT2D eigenvalue weighted by molar-refractivity contribution is 9.10. The number of hydrogen-bond donors (Lipinski definition) is 1. The minimum absolute atomic E-state index is 0.0233. The molecule has 0 fully saturated rings. The molecule has 2 aromatic heterocycles. The molecule has 10 nitrogen and oxygen atoms in total. The Morgan fingerprint density at radius 1 is 1.36 bits per heavy atom. The Morgan fingerprint density at radius 2 is 2.14 bits per heavy atom. The summed E-state index contributed by atoms with van der Waals surface area (Å²) in [7, 11) is 0. The lowest BCUT2D eigenvalue weighted by Crippen LogP contribution is -2.17. The molecule has 1 atom stereocenters. The van der Waals surface area contributed by atoms with Crippen LogP contribution in [0.5, 0.6) is 11.6 Å². The van der Waals surface area contributed by atoms with E-state index in [2.05, 4.69) is 36.5 Å². The molecule has 0 radical (unpaired) electrons. The van der Waals surface area contributed by atoms with Gasteiger partial charge < -0.3 is 19.1 Å². The molecule has 0 unspecified atom stereocenters. The Labute approximate surface area is 166 Å². The number of halogens is 2. The molecule has 0 saturated carbocycles. The Morgan fingerprint density at radius 3 is 2.93 bits per heavy atom. The first-order valence-electron chi connectivity index (χ1n) is 8.08. The number of nitrogens with zero attached hydrogens (tertiary/aromatic N) is 5. The summed E-state index contributed by atoms with van der Waals surface area (Å²) in [4.78, 5) is 11.6. The van der Waals surface area contributed by atoms with Crippen molar-refractivity contribution in [1.29, 1.82) is 0 Å². The first-order valence-corrected chi connectivity index (χ1v) is 8.87. The molecule has 12 heteroatoms. The minimum Gasteiger partial charge on any atom is -0.492 e. The summed E-state index contributed by atoms with van der Waals surface area (Å²) in [5, 5.41) is 23.6. The number of ether oxygens (including phenoxy) is 2. The van der Waals surface area contributed by atoms with E-state index in [-0.39, 0.29) is 35.8 Å². The lowest BCUT2D eigenvalue weighted by Gasteiger charge is -2.14. The Balaban J connectivity index is 1.50. The Kier molecular flexibility index (Phi) is 6.19. The molecule has 2 heterocycles. The lowest BCUT2D eigenvalue weighted by molar-refractivity contribution is -0.138. The summed E-state index contributed by atoms with van der Waals surface area (Å²) >= 11 is 3.30. The van der Waals surface area contributed by atoms with E-state index >= 15 is 0 Å². The van der Waals surface area contributed by atoms with Crippen LogP contribution in [0, 0.1) is 11.7 Å². The average molecular weight is 456 g/mol. The summed E-state index contributed by atoms with van der Waals surface area (Å²) in [6.07, 6.45) is 0. The first-order chi connectivity index (χ1) is 13.4. The number of aromatic nitrogens is 5. The van der Waals surface area contributed by atoms with Crippen LogP contribution in [0.3, 0.4) is 0 Å². The summed E-state index contributed by atoms with van der Waals surface area (Å²) in [5.74, 6) is -0.590. The SMILES string of the molecule is C[C@H](COc1cc(-c2nnn(CC(=O)O)n2)on1)COc1cc(F)ccc1Br. The molecule has 3 rings (SSSR count). The number of aliphatic carboxylic acids is 1. The third-order valence-electron chi connectivity index (χ3n) is 3.37. The molecular weight excluding hydrogens is 441 g/mol. The average Bonchev–Trinajstić information content (AvgIpc) is 3.29. The van der Waals surface area contributed by atoms with Gasteiger partial charge >= 0.3 is 5.97 Å². The maximum atomic E-state index is 13.3. The first kappa shape index (κ1) is 19.7. The van der Waals surface area contributed by atoms with Gasteiger partial charge in [0.25, 0.3) is 5.88 Å². The van der Waals surface area contributed by atoms with Crippen molar-refractivity contribution in [2.24, 2.45) is 5.92 Å². The zero-order chi connectivity index (χ0) is 20.1. The number of rotatable bonds is 9. The fourth-order valence-corrected chi connectivity index (χ4v) is 2.42. The summed E-state index contributed by atoms with van der Waals surface area (Å²) < 4.78 is 30.1. The Hall–Kier alpha value is -3.02. The van der Waals surface area contributed by atoms with Crippen LogP contribution in [0.15, 0.2) is 33.3 Å². The van der Waals surface area contributed by atoms with Gasteiger partial charge in [-0.25, -0.2) is 4.39 Å². The van der Waals surface area contributed by atoms with Crippen LogP contribution in [0.2, 0.25) is 0 Å². The summed E-state index contributed by atoms with van der Waals surface area (Å²) in [5.41, 5.74) is 0. The van der Waals surface area contributed by atoms with Gasteiger partial charge in [-0.1, -0.05) is 6.92 Å². The van der Waals surface area contributed by atoms with Crippen LogP contribution in [0.25, 0.3) is 11.6 Å². The summed E-state index contributed by atoms with van der Waals surface area (Å²) in [6.45, 7) is 2.06. The van der Waals surface area contributed by atoms with Crippen molar-refractivity contribution in [3.05, 3.63) is 34.6 Å². The molecule has 0 amide bonds. The van der Waals surface area contributed by atoms with Crippen LogP contribution in [-0.4, -0.2) is 49.7 Å². The number of hydrogen-bond acceptors (Lipinski definition) is 8. The zero-order valence-electron chi connectivity index (χ0n) is 14.6. The van der Waals surface area contributed by atoms with Crippen LogP contribution in [0.4, 0.5) is 4.39 Å². The molecule has 0 saturated heterocycles. The number of carboxylic acids is 1. The van der Waals surface area contributed by atoms with Gasteiger partial charge in [0.1, 0.15) is 11.6 Å². The van der Waals surface area contributed by atoms with Crippen LogP contribution >= 0.6 is 15.9 Å². The van der Waals surface area contributed by atoms with Crippen LogP contribution < -0.4 is 9.47 Å². The second kappa shape index (κ2) is 8.78. The van der Waals surface area contributed by atoms with E-state index in [9.17, 15) is 9.18 Å². The molecule has 148 valence electrons. The van der Waals surface area contributed by atoms with Gasteiger partial charge in [0.2, 0.25) is 11.6 Å². The maximum absolute atomic E-state index is 13.3. The van der Waals surface area contributed by atoms with Crippen molar-refractivity contribution in [1.82, 2.24) is 25.4 Å². The molecular formula is C16H15BrFN5O5. The van der Waals surface area contributed by atoms with Crippen molar-refractivity contribution >= 4 is 21.9 Å². The van der Waals surface area contributed by atoms with Crippen LogP contribution in [-0.2, 0) is 11.3 Å². The molecule has 0 spiro atoms. The predicted octanol–water partition coefficient (Wildman–Crippen LogP) is 2.41. The van der Waals surface area contributed by atoms with Gasteiger partial charge in [-0.3, -0.25) is 4.79 Å². The monoisotopic (exact) mass is 455 g/mol. The summed E-state index contributed by atoms with van der Waals surface area (Å²) in [6, 6.07) is 5.68. The molecule has 28 heavy (non-hydrogen) atoms. The molecule has 1 N–H and O–H groups in total. The van der Waals surface area contributed by atoms with Gasteiger partial charge in [-0.05, 0) is 38.4 Å². The van der Waals surface area contributed by atoms with Gasteiger partial charge in [-0.15, -0.1) is 10.2 Å². The minimum atomic E-state index is -1.09. The van der Waals surface area contributed by atoms with Crippen molar-refractivity contribution < 1.29 is 28.3 Å². The smallest absolute Gasteiger partial charge is 0.327 e. The topological polar surface area (TPSA) is 125 Å². The molecule has 0 aliphatic rings. The van der Waals surface area contributed by atoms with E-state index in [0.717, 1.165) is 4.80 Å². The van der Waals surface area contributed by atoms with Crippen molar-refractivity contribution in [3.8, 4) is 23.2 Å². The predicted molar refractivity (Wildman–Crippen MR) is 95.2 cm³/mol. The molecule has 1 aromatic carbocycles. The second-order valence-corrected chi connectivity index (χ2v) is 6.72. The van der Waals surface area contributed by atoms with Crippen LogP contribution in [0.1, 0.15) is 6.92 Å². The fraction of sp³-hybridized carbons (Fsp3) is 0.312. The zero-order valence-corrected chi connectivity index (χ0v) is 16.2. The number of benzene rings is 1. The third kappa shape index (κ3) is 5.25. The molecule has 0 bridgehead atoms.